The molecule has 3 rings (SSSR count). The molecular weight excluding hydrogens is 326 g/mol. The van der Waals surface area contributed by atoms with E-state index in [1.54, 1.807) is 13.8 Å². The molecule has 1 aromatic heterocycles. The molecule has 1 aliphatic heterocycles. The molecular formula is C17H23N3O3S. The summed E-state index contributed by atoms with van der Waals surface area (Å²) in [6.07, 6.45) is 0. The molecule has 1 saturated heterocycles. The van der Waals surface area contributed by atoms with Gasteiger partial charge in [0, 0.05) is 32.7 Å². The number of aromatic nitrogens is 1. The van der Waals surface area contributed by atoms with E-state index in [-0.39, 0.29) is 4.90 Å². The summed E-state index contributed by atoms with van der Waals surface area (Å²) in [6.45, 7) is 8.63. The van der Waals surface area contributed by atoms with Crippen molar-refractivity contribution in [3.05, 3.63) is 46.8 Å². The summed E-state index contributed by atoms with van der Waals surface area (Å²) in [5.74, 6) is 0.356. The highest BCUT2D eigenvalue weighted by atomic mass is 32.2. The van der Waals surface area contributed by atoms with Crippen LogP contribution in [-0.2, 0) is 16.6 Å². The van der Waals surface area contributed by atoms with Gasteiger partial charge in [0.2, 0.25) is 10.0 Å². The molecule has 0 amide bonds. The van der Waals surface area contributed by atoms with Crippen molar-refractivity contribution in [2.24, 2.45) is 0 Å². The lowest BCUT2D eigenvalue weighted by Crippen LogP contribution is -2.48. The molecule has 0 aliphatic carbocycles. The van der Waals surface area contributed by atoms with Crippen molar-refractivity contribution in [3.63, 3.8) is 0 Å². The Morgan fingerprint density at radius 2 is 1.67 bits per heavy atom. The van der Waals surface area contributed by atoms with Crippen molar-refractivity contribution in [1.29, 1.82) is 0 Å². The minimum Gasteiger partial charge on any atom is -0.360 e. The molecule has 1 aliphatic rings. The van der Waals surface area contributed by atoms with Crippen molar-refractivity contribution >= 4 is 10.0 Å². The molecule has 0 bridgehead atoms. The fraction of sp³-hybridized carbons (Fsp3) is 0.471. The molecule has 0 saturated carbocycles. The quantitative estimate of drug-likeness (QED) is 0.846. The summed E-state index contributed by atoms with van der Waals surface area (Å²) < 4.78 is 32.1. The Hall–Kier alpha value is -1.70. The lowest BCUT2D eigenvalue weighted by molar-refractivity contribution is 0.181. The van der Waals surface area contributed by atoms with Gasteiger partial charge in [-0.05, 0) is 26.3 Å². The number of sulfonamides is 1. The second kappa shape index (κ2) is 6.66. The van der Waals surface area contributed by atoms with Crippen LogP contribution in [0.3, 0.4) is 0 Å². The maximum atomic E-state index is 12.8. The normalized spacial score (nSPS) is 17.3. The van der Waals surface area contributed by atoms with Gasteiger partial charge >= 0.3 is 0 Å². The van der Waals surface area contributed by atoms with Crippen molar-refractivity contribution in [3.8, 4) is 0 Å². The van der Waals surface area contributed by atoms with Crippen LogP contribution in [0.2, 0.25) is 0 Å². The fourth-order valence-corrected chi connectivity index (χ4v) is 4.76. The second-order valence-electron chi connectivity index (χ2n) is 6.32. The molecule has 2 heterocycles. The topological polar surface area (TPSA) is 66.7 Å². The third-order valence-corrected chi connectivity index (χ3v) is 6.57. The second-order valence-corrected chi connectivity index (χ2v) is 8.19. The number of piperazine rings is 1. The minimum absolute atomic E-state index is 0.217. The van der Waals surface area contributed by atoms with Crippen LogP contribution in [0.1, 0.15) is 22.6 Å². The summed E-state index contributed by atoms with van der Waals surface area (Å²) in [7, 11) is -3.53. The zero-order valence-corrected chi connectivity index (χ0v) is 15.1. The van der Waals surface area contributed by atoms with Gasteiger partial charge in [-0.15, -0.1) is 0 Å². The molecule has 0 radical (unpaired) electrons. The molecule has 0 atom stereocenters. The zero-order chi connectivity index (χ0) is 17.3. The van der Waals surface area contributed by atoms with Crippen molar-refractivity contribution in [2.45, 2.75) is 32.2 Å². The first-order chi connectivity index (χ1) is 11.4. The molecule has 1 fully saturated rings. The van der Waals surface area contributed by atoms with Gasteiger partial charge in [-0.1, -0.05) is 35.0 Å². The van der Waals surface area contributed by atoms with Gasteiger partial charge in [-0.25, -0.2) is 8.42 Å². The Kier molecular flexibility index (Phi) is 4.76. The van der Waals surface area contributed by atoms with Gasteiger partial charge in [0.05, 0.1) is 0 Å². The van der Waals surface area contributed by atoms with E-state index in [4.69, 9.17) is 4.52 Å². The van der Waals surface area contributed by atoms with Crippen LogP contribution in [-0.4, -0.2) is 49.0 Å². The first-order valence-electron chi connectivity index (χ1n) is 8.09. The van der Waals surface area contributed by atoms with Crippen molar-refractivity contribution in [1.82, 2.24) is 14.4 Å². The average molecular weight is 349 g/mol. The van der Waals surface area contributed by atoms with Crippen LogP contribution >= 0.6 is 0 Å². The van der Waals surface area contributed by atoms with E-state index in [1.807, 2.05) is 0 Å². The molecule has 0 spiro atoms. The van der Waals surface area contributed by atoms with E-state index in [0.29, 0.717) is 24.5 Å². The van der Waals surface area contributed by atoms with Gasteiger partial charge in [0.15, 0.2) is 5.76 Å². The first kappa shape index (κ1) is 17.1. The lowest BCUT2D eigenvalue weighted by atomic mass is 10.1. The van der Waals surface area contributed by atoms with Crippen LogP contribution in [0, 0.1) is 20.8 Å². The Balaban J connectivity index is 1.65. The van der Waals surface area contributed by atoms with E-state index in [0.717, 1.165) is 19.6 Å². The average Bonchev–Trinajstić information content (AvgIpc) is 2.89. The largest absolute Gasteiger partial charge is 0.360 e. The van der Waals surface area contributed by atoms with Gasteiger partial charge < -0.3 is 4.52 Å². The maximum Gasteiger partial charge on any atom is 0.248 e. The summed E-state index contributed by atoms with van der Waals surface area (Å²) >= 11 is 0. The van der Waals surface area contributed by atoms with Crippen LogP contribution in [0.15, 0.2) is 33.7 Å². The molecule has 6 nitrogen and oxygen atoms in total. The van der Waals surface area contributed by atoms with Crippen LogP contribution < -0.4 is 0 Å². The van der Waals surface area contributed by atoms with E-state index < -0.39 is 10.0 Å². The summed E-state index contributed by atoms with van der Waals surface area (Å²) in [5, 5.41) is 3.76. The van der Waals surface area contributed by atoms with Crippen LogP contribution in [0.4, 0.5) is 0 Å². The number of benzene rings is 1. The fourth-order valence-electron chi connectivity index (χ4n) is 3.05. The Bertz CT molecular complexity index is 785. The molecule has 2 aromatic rings. The van der Waals surface area contributed by atoms with Crippen molar-refractivity contribution in [2.75, 3.05) is 26.2 Å². The van der Waals surface area contributed by atoms with E-state index >= 15 is 0 Å². The zero-order valence-electron chi connectivity index (χ0n) is 14.3. The Labute approximate surface area is 143 Å². The molecule has 7 heteroatoms. The summed E-state index contributed by atoms with van der Waals surface area (Å²) in [4.78, 5) is 2.50. The van der Waals surface area contributed by atoms with E-state index in [1.165, 1.54) is 15.4 Å². The highest BCUT2D eigenvalue weighted by molar-refractivity contribution is 7.89. The first-order valence-corrected chi connectivity index (χ1v) is 9.53. The third kappa shape index (κ3) is 3.38. The smallest absolute Gasteiger partial charge is 0.248 e. The number of aryl methyl sites for hydroxylation is 3. The highest BCUT2D eigenvalue weighted by Gasteiger charge is 2.33. The van der Waals surface area contributed by atoms with Gasteiger partial charge in [0.1, 0.15) is 10.6 Å². The Morgan fingerprint density at radius 3 is 2.21 bits per heavy atom. The predicted octanol–water partition coefficient (Wildman–Crippen LogP) is 2.11. The molecule has 0 N–H and O–H groups in total. The maximum absolute atomic E-state index is 12.8. The SMILES string of the molecule is Cc1ccc(CN2CCN(S(=O)(=O)c3c(C)noc3C)CC2)cc1. The van der Waals surface area contributed by atoms with Gasteiger partial charge in [0.25, 0.3) is 0 Å². The summed E-state index contributed by atoms with van der Waals surface area (Å²) in [5.41, 5.74) is 2.92. The third-order valence-electron chi connectivity index (χ3n) is 4.42. The standard InChI is InChI=1S/C17H23N3O3S/c1-13-4-6-16(7-5-13)12-19-8-10-20(11-9-19)24(21,22)17-14(2)18-23-15(17)3/h4-7H,8-12H2,1-3H3. The molecule has 24 heavy (non-hydrogen) atoms. The minimum atomic E-state index is -3.53. The van der Waals surface area contributed by atoms with E-state index in [2.05, 4.69) is 41.2 Å². The molecule has 0 unspecified atom stereocenters. The van der Waals surface area contributed by atoms with E-state index in [9.17, 15) is 8.42 Å². The van der Waals surface area contributed by atoms with Crippen molar-refractivity contribution < 1.29 is 12.9 Å². The monoisotopic (exact) mass is 349 g/mol. The van der Waals surface area contributed by atoms with Crippen LogP contribution in [0.25, 0.3) is 0 Å². The molecule has 130 valence electrons. The summed E-state index contributed by atoms with van der Waals surface area (Å²) in [6, 6.07) is 8.46. The number of rotatable bonds is 4. The molecule has 1 aromatic carbocycles. The van der Waals surface area contributed by atoms with Crippen LogP contribution in [0.5, 0.6) is 0 Å². The highest BCUT2D eigenvalue weighted by Crippen LogP contribution is 2.24. The predicted molar refractivity (Wildman–Crippen MR) is 91.2 cm³/mol. The van der Waals surface area contributed by atoms with Gasteiger partial charge in [-0.3, -0.25) is 4.90 Å². The van der Waals surface area contributed by atoms with Gasteiger partial charge in [-0.2, -0.15) is 4.31 Å². The number of hydrogen-bond acceptors (Lipinski definition) is 5. The number of hydrogen-bond donors (Lipinski definition) is 0. The number of nitrogens with zero attached hydrogens (tertiary/aromatic N) is 3. The lowest BCUT2D eigenvalue weighted by Gasteiger charge is -2.33. The Morgan fingerprint density at radius 1 is 1.04 bits per heavy atom.